The number of benzene rings is 1. The first-order valence-corrected chi connectivity index (χ1v) is 9.02. The SMILES string of the molecule is O=C(N1CCCC(c2cccc(O)c2F)C1)C12CSC(C1)C2. The van der Waals surface area contributed by atoms with Gasteiger partial charge >= 0.3 is 0 Å². The Balaban J connectivity index is 1.52. The molecular weight excluding hydrogens is 301 g/mol. The summed E-state index contributed by atoms with van der Waals surface area (Å²) in [6.07, 6.45) is 3.82. The van der Waals surface area contributed by atoms with E-state index in [-0.39, 0.29) is 23.0 Å². The Labute approximate surface area is 133 Å². The fourth-order valence-corrected chi connectivity index (χ4v) is 5.95. The van der Waals surface area contributed by atoms with Crippen molar-refractivity contribution in [2.75, 3.05) is 18.8 Å². The van der Waals surface area contributed by atoms with Gasteiger partial charge < -0.3 is 10.0 Å². The monoisotopic (exact) mass is 321 g/mol. The summed E-state index contributed by atoms with van der Waals surface area (Å²) in [6, 6.07) is 4.78. The van der Waals surface area contributed by atoms with Gasteiger partial charge in [0, 0.05) is 30.0 Å². The van der Waals surface area contributed by atoms with Gasteiger partial charge in [0.15, 0.2) is 11.6 Å². The number of hydrogen-bond donors (Lipinski definition) is 1. The Hall–Kier alpha value is -1.23. The smallest absolute Gasteiger partial charge is 0.229 e. The minimum absolute atomic E-state index is 0.00821. The Morgan fingerprint density at radius 2 is 2.23 bits per heavy atom. The van der Waals surface area contributed by atoms with Gasteiger partial charge in [-0.3, -0.25) is 4.79 Å². The van der Waals surface area contributed by atoms with Gasteiger partial charge in [-0.1, -0.05) is 12.1 Å². The Kier molecular flexibility index (Phi) is 3.36. The highest BCUT2D eigenvalue weighted by Crippen LogP contribution is 2.58. The number of likely N-dealkylation sites (tertiary alicyclic amines) is 1. The van der Waals surface area contributed by atoms with Crippen molar-refractivity contribution in [3.63, 3.8) is 0 Å². The second kappa shape index (κ2) is 5.15. The van der Waals surface area contributed by atoms with Gasteiger partial charge in [0.1, 0.15) is 0 Å². The van der Waals surface area contributed by atoms with Crippen LogP contribution in [0.4, 0.5) is 4.39 Å². The molecule has 3 aliphatic heterocycles. The lowest BCUT2D eigenvalue weighted by Crippen LogP contribution is -2.51. The van der Waals surface area contributed by atoms with Crippen molar-refractivity contribution in [3.8, 4) is 5.75 Å². The quantitative estimate of drug-likeness (QED) is 0.910. The molecule has 1 unspecified atom stereocenters. The highest BCUT2D eigenvalue weighted by atomic mass is 32.2. The molecule has 1 atom stereocenters. The van der Waals surface area contributed by atoms with Crippen LogP contribution in [0.3, 0.4) is 0 Å². The third-order valence-corrected chi connectivity index (χ3v) is 6.97. The number of hydrogen-bond acceptors (Lipinski definition) is 3. The van der Waals surface area contributed by atoms with E-state index in [9.17, 15) is 14.3 Å². The van der Waals surface area contributed by atoms with E-state index in [1.165, 1.54) is 6.07 Å². The number of carbonyl (C=O) groups is 1. The molecule has 3 saturated heterocycles. The molecule has 1 aliphatic carbocycles. The normalized spacial score (nSPS) is 33.6. The zero-order valence-corrected chi connectivity index (χ0v) is 13.2. The molecule has 1 aromatic carbocycles. The van der Waals surface area contributed by atoms with Gasteiger partial charge in [-0.15, -0.1) is 0 Å². The average Bonchev–Trinajstić information content (AvgIpc) is 3.11. The largest absolute Gasteiger partial charge is 0.505 e. The third-order valence-electron chi connectivity index (χ3n) is 5.44. The number of carbonyl (C=O) groups excluding carboxylic acids is 1. The van der Waals surface area contributed by atoms with Crippen LogP contribution in [-0.4, -0.2) is 40.0 Å². The molecule has 3 nitrogen and oxygen atoms in total. The van der Waals surface area contributed by atoms with Crippen molar-refractivity contribution in [3.05, 3.63) is 29.6 Å². The van der Waals surface area contributed by atoms with Crippen LogP contribution in [0.15, 0.2) is 18.2 Å². The number of phenols is 1. The molecule has 4 fully saturated rings. The lowest BCUT2D eigenvalue weighted by atomic mass is 9.69. The number of piperidine rings is 1. The number of phenolic OH excluding ortho intramolecular Hbond substituents is 1. The number of nitrogens with zero attached hydrogens (tertiary/aromatic N) is 1. The van der Waals surface area contributed by atoms with Crippen LogP contribution in [0.1, 0.15) is 37.2 Å². The summed E-state index contributed by atoms with van der Waals surface area (Å²) in [5.41, 5.74) is 0.427. The van der Waals surface area contributed by atoms with Crippen LogP contribution < -0.4 is 0 Å². The number of rotatable bonds is 2. The van der Waals surface area contributed by atoms with Crippen molar-refractivity contribution in [1.82, 2.24) is 4.90 Å². The first kappa shape index (κ1) is 14.4. The van der Waals surface area contributed by atoms with Crippen molar-refractivity contribution < 1.29 is 14.3 Å². The second-order valence-corrected chi connectivity index (χ2v) is 8.18. The molecule has 1 N–H and O–H groups in total. The molecule has 22 heavy (non-hydrogen) atoms. The topological polar surface area (TPSA) is 40.5 Å². The molecule has 1 aromatic rings. The van der Waals surface area contributed by atoms with Crippen LogP contribution in [0, 0.1) is 11.2 Å². The van der Waals surface area contributed by atoms with Crippen molar-refractivity contribution in [1.29, 1.82) is 0 Å². The summed E-state index contributed by atoms with van der Waals surface area (Å²) in [7, 11) is 0. The van der Waals surface area contributed by atoms with Gasteiger partial charge in [-0.2, -0.15) is 11.8 Å². The first-order chi connectivity index (χ1) is 10.6. The predicted octanol–water partition coefficient (Wildman–Crippen LogP) is 3.13. The van der Waals surface area contributed by atoms with Crippen molar-refractivity contribution in [2.24, 2.45) is 5.41 Å². The van der Waals surface area contributed by atoms with Crippen LogP contribution >= 0.6 is 11.8 Å². The Morgan fingerprint density at radius 3 is 2.95 bits per heavy atom. The molecule has 0 aromatic heterocycles. The van der Waals surface area contributed by atoms with Crippen molar-refractivity contribution >= 4 is 17.7 Å². The summed E-state index contributed by atoms with van der Waals surface area (Å²) in [4.78, 5) is 14.8. The molecule has 118 valence electrons. The maximum atomic E-state index is 14.1. The highest BCUT2D eigenvalue weighted by Gasteiger charge is 2.57. The maximum absolute atomic E-state index is 14.1. The van der Waals surface area contributed by atoms with Crippen LogP contribution in [0.25, 0.3) is 0 Å². The number of halogens is 1. The van der Waals surface area contributed by atoms with E-state index >= 15 is 0 Å². The van der Waals surface area contributed by atoms with Crippen LogP contribution in [0.2, 0.25) is 0 Å². The first-order valence-electron chi connectivity index (χ1n) is 7.97. The molecule has 0 radical (unpaired) electrons. The third kappa shape index (κ3) is 2.13. The minimum Gasteiger partial charge on any atom is -0.505 e. The summed E-state index contributed by atoms with van der Waals surface area (Å²) >= 11 is 1.92. The van der Waals surface area contributed by atoms with Gasteiger partial charge in [0.2, 0.25) is 5.91 Å². The maximum Gasteiger partial charge on any atom is 0.229 e. The van der Waals surface area contributed by atoms with E-state index in [2.05, 4.69) is 0 Å². The molecule has 0 spiro atoms. The predicted molar refractivity (Wildman–Crippen MR) is 84.5 cm³/mol. The average molecular weight is 321 g/mol. The van der Waals surface area contributed by atoms with Gasteiger partial charge in [0.25, 0.3) is 0 Å². The molecule has 2 bridgehead atoms. The fourth-order valence-electron chi connectivity index (χ4n) is 4.16. The Morgan fingerprint density at radius 1 is 1.41 bits per heavy atom. The van der Waals surface area contributed by atoms with E-state index in [1.54, 1.807) is 12.1 Å². The summed E-state index contributed by atoms with van der Waals surface area (Å²) in [5, 5.41) is 10.3. The van der Waals surface area contributed by atoms with E-state index in [1.807, 2.05) is 16.7 Å². The van der Waals surface area contributed by atoms with Crippen molar-refractivity contribution in [2.45, 2.75) is 36.9 Å². The lowest BCUT2D eigenvalue weighted by Gasteiger charge is -2.42. The number of aromatic hydroxyl groups is 1. The van der Waals surface area contributed by atoms with E-state index < -0.39 is 5.82 Å². The van der Waals surface area contributed by atoms with Gasteiger partial charge in [-0.05, 0) is 37.3 Å². The number of fused-ring (bicyclic) bond motifs is 1. The fraction of sp³-hybridized carbons (Fsp3) is 0.588. The molecule has 4 aliphatic rings. The minimum atomic E-state index is -0.528. The zero-order valence-electron chi connectivity index (χ0n) is 12.4. The van der Waals surface area contributed by atoms with Gasteiger partial charge in [-0.25, -0.2) is 4.39 Å². The van der Waals surface area contributed by atoms with Gasteiger partial charge in [0.05, 0.1) is 5.41 Å². The highest BCUT2D eigenvalue weighted by molar-refractivity contribution is 8.00. The van der Waals surface area contributed by atoms with E-state index in [0.717, 1.165) is 38.0 Å². The van der Waals surface area contributed by atoms with E-state index in [0.29, 0.717) is 17.4 Å². The molecule has 3 heterocycles. The molecule has 1 amide bonds. The standard InChI is InChI=1S/C17H20FNO2S/c18-15-13(4-1-5-14(15)20)11-3-2-6-19(9-11)16(21)17-7-12(8-17)22-10-17/h1,4-5,11-12,20H,2-3,6-10H2. The number of thioether (sulfide) groups is 1. The number of amides is 1. The second-order valence-electron chi connectivity index (χ2n) is 6.89. The summed E-state index contributed by atoms with van der Waals surface area (Å²) in [5.74, 6) is 0.400. The van der Waals surface area contributed by atoms with Crippen LogP contribution in [-0.2, 0) is 4.79 Å². The van der Waals surface area contributed by atoms with Crippen LogP contribution in [0.5, 0.6) is 5.75 Å². The lowest BCUT2D eigenvalue weighted by molar-refractivity contribution is -0.145. The summed E-state index contributed by atoms with van der Waals surface area (Å²) in [6.45, 7) is 1.36. The summed E-state index contributed by atoms with van der Waals surface area (Å²) < 4.78 is 14.1. The molecule has 5 rings (SSSR count). The molecular formula is C17H20FNO2S. The zero-order chi connectivity index (χ0) is 15.3. The molecule has 1 saturated carbocycles. The Bertz CT molecular complexity index is 609. The van der Waals surface area contributed by atoms with E-state index in [4.69, 9.17) is 0 Å². The molecule has 5 heteroatoms.